The van der Waals surface area contributed by atoms with Crippen LogP contribution in [0.25, 0.3) is 0 Å². The predicted molar refractivity (Wildman–Crippen MR) is 86.4 cm³/mol. The van der Waals surface area contributed by atoms with Gasteiger partial charge < -0.3 is 10.2 Å². The number of anilines is 1. The molecule has 0 unspecified atom stereocenters. The van der Waals surface area contributed by atoms with Gasteiger partial charge in [-0.15, -0.1) is 0 Å². The number of hydrogen-bond donors (Lipinski definition) is 1. The number of benzene rings is 1. The minimum Gasteiger partial charge on any atom is -0.371 e. The summed E-state index contributed by atoms with van der Waals surface area (Å²) in [6.07, 6.45) is 4.05. The first-order valence-electron chi connectivity index (χ1n) is 7.91. The summed E-state index contributed by atoms with van der Waals surface area (Å²) >= 11 is 0. The summed E-state index contributed by atoms with van der Waals surface area (Å²) in [6, 6.07) is 8.90. The van der Waals surface area contributed by atoms with E-state index in [1.807, 2.05) is 0 Å². The molecule has 5 heteroatoms. The van der Waals surface area contributed by atoms with Crippen LogP contribution in [0.3, 0.4) is 0 Å². The van der Waals surface area contributed by atoms with Crippen LogP contribution in [0.4, 0.5) is 5.69 Å². The van der Waals surface area contributed by atoms with Gasteiger partial charge in [-0.2, -0.15) is 0 Å². The highest BCUT2D eigenvalue weighted by molar-refractivity contribution is 7.91. The Morgan fingerprint density at radius 3 is 2.48 bits per heavy atom. The summed E-state index contributed by atoms with van der Waals surface area (Å²) in [5, 5.41) is 3.55. The van der Waals surface area contributed by atoms with Crippen LogP contribution in [-0.2, 0) is 16.4 Å². The summed E-state index contributed by atoms with van der Waals surface area (Å²) in [5.74, 6) is 0.664. The largest absolute Gasteiger partial charge is 0.371 e. The van der Waals surface area contributed by atoms with E-state index in [0.29, 0.717) is 17.5 Å². The Morgan fingerprint density at radius 2 is 1.76 bits per heavy atom. The Kier molecular flexibility index (Phi) is 4.50. The molecule has 4 nitrogen and oxygen atoms in total. The molecule has 1 aromatic carbocycles. The van der Waals surface area contributed by atoms with Crippen molar-refractivity contribution in [2.75, 3.05) is 29.5 Å². The first-order valence-corrected chi connectivity index (χ1v) is 9.73. The summed E-state index contributed by atoms with van der Waals surface area (Å²) in [5.41, 5.74) is 2.67. The molecular weight excluding hydrogens is 284 g/mol. The van der Waals surface area contributed by atoms with Crippen LogP contribution in [-0.4, -0.2) is 39.1 Å². The molecule has 0 spiro atoms. The van der Waals surface area contributed by atoms with Crippen molar-refractivity contribution in [3.63, 3.8) is 0 Å². The second kappa shape index (κ2) is 6.36. The molecular formula is C16H24N2O2S. The lowest BCUT2D eigenvalue weighted by Crippen LogP contribution is -2.37. The van der Waals surface area contributed by atoms with Gasteiger partial charge in [0.1, 0.15) is 9.84 Å². The maximum Gasteiger partial charge on any atom is 0.150 e. The number of para-hydroxylation sites is 1. The van der Waals surface area contributed by atoms with E-state index in [1.54, 1.807) is 0 Å². The molecule has 116 valence electrons. The van der Waals surface area contributed by atoms with Crippen LogP contribution in [0, 0.1) is 0 Å². The van der Waals surface area contributed by atoms with Crippen molar-refractivity contribution in [2.24, 2.45) is 0 Å². The Bertz CT molecular complexity index is 566. The molecule has 21 heavy (non-hydrogen) atoms. The lowest BCUT2D eigenvalue weighted by atomic mass is 10.1. The van der Waals surface area contributed by atoms with Crippen molar-refractivity contribution < 1.29 is 8.42 Å². The van der Waals surface area contributed by atoms with E-state index in [-0.39, 0.29) is 0 Å². The molecule has 3 rings (SSSR count). The zero-order chi connectivity index (χ0) is 14.7. The van der Waals surface area contributed by atoms with Crippen molar-refractivity contribution in [3.05, 3.63) is 29.8 Å². The van der Waals surface area contributed by atoms with Gasteiger partial charge >= 0.3 is 0 Å². The Balaban J connectivity index is 1.60. The summed E-state index contributed by atoms with van der Waals surface area (Å²) in [4.78, 5) is 2.46. The van der Waals surface area contributed by atoms with Gasteiger partial charge in [-0.25, -0.2) is 8.42 Å². The van der Waals surface area contributed by atoms with E-state index in [1.165, 1.54) is 24.1 Å². The first-order chi connectivity index (χ1) is 10.1. The topological polar surface area (TPSA) is 49.4 Å². The van der Waals surface area contributed by atoms with E-state index in [9.17, 15) is 8.42 Å². The SMILES string of the molecule is O=S1(=O)CCC(NCc2ccccc2N2CCCC2)CC1. The molecule has 0 aliphatic carbocycles. The van der Waals surface area contributed by atoms with Gasteiger partial charge in [0, 0.05) is 31.4 Å². The highest BCUT2D eigenvalue weighted by atomic mass is 32.2. The third-order valence-corrected chi connectivity index (χ3v) is 6.29. The fourth-order valence-corrected chi connectivity index (χ4v) is 4.77. The Labute approximate surface area is 127 Å². The number of sulfone groups is 1. The maximum absolute atomic E-state index is 11.5. The quantitative estimate of drug-likeness (QED) is 0.924. The third-order valence-electron chi connectivity index (χ3n) is 4.57. The molecule has 2 aliphatic rings. The normalized spacial score (nSPS) is 22.6. The number of nitrogens with zero attached hydrogens (tertiary/aromatic N) is 1. The molecule has 0 bridgehead atoms. The van der Waals surface area contributed by atoms with Crippen LogP contribution in [0.5, 0.6) is 0 Å². The number of rotatable bonds is 4. The Hall–Kier alpha value is -1.07. The smallest absolute Gasteiger partial charge is 0.150 e. The molecule has 2 saturated heterocycles. The summed E-state index contributed by atoms with van der Waals surface area (Å²) < 4.78 is 22.9. The zero-order valence-corrected chi connectivity index (χ0v) is 13.2. The highest BCUT2D eigenvalue weighted by Crippen LogP contribution is 2.24. The third kappa shape index (κ3) is 3.77. The van der Waals surface area contributed by atoms with Crippen LogP contribution >= 0.6 is 0 Å². The van der Waals surface area contributed by atoms with Gasteiger partial charge in [0.05, 0.1) is 11.5 Å². The van der Waals surface area contributed by atoms with Gasteiger partial charge in [0.2, 0.25) is 0 Å². The fourth-order valence-electron chi connectivity index (χ4n) is 3.28. The molecule has 2 heterocycles. The lowest BCUT2D eigenvalue weighted by molar-refractivity contribution is 0.463. The number of nitrogens with one attached hydrogen (secondary N) is 1. The monoisotopic (exact) mass is 308 g/mol. The summed E-state index contributed by atoms with van der Waals surface area (Å²) in [6.45, 7) is 3.13. The van der Waals surface area contributed by atoms with Gasteiger partial charge in [0.25, 0.3) is 0 Å². The van der Waals surface area contributed by atoms with E-state index < -0.39 is 9.84 Å². The molecule has 2 fully saturated rings. The van der Waals surface area contributed by atoms with Gasteiger partial charge in [-0.1, -0.05) is 18.2 Å². The van der Waals surface area contributed by atoms with Gasteiger partial charge in [0.15, 0.2) is 0 Å². The molecule has 1 aromatic rings. The zero-order valence-electron chi connectivity index (χ0n) is 12.4. The average molecular weight is 308 g/mol. The highest BCUT2D eigenvalue weighted by Gasteiger charge is 2.23. The fraction of sp³-hybridized carbons (Fsp3) is 0.625. The van der Waals surface area contributed by atoms with Crippen molar-refractivity contribution in [2.45, 2.75) is 38.3 Å². The Morgan fingerprint density at radius 1 is 1.10 bits per heavy atom. The van der Waals surface area contributed by atoms with Crippen molar-refractivity contribution in [1.29, 1.82) is 0 Å². The molecule has 1 N–H and O–H groups in total. The molecule has 0 aromatic heterocycles. The first kappa shape index (κ1) is 14.9. The second-order valence-electron chi connectivity index (χ2n) is 6.13. The van der Waals surface area contributed by atoms with Crippen molar-refractivity contribution >= 4 is 15.5 Å². The molecule has 0 atom stereocenters. The van der Waals surface area contributed by atoms with Crippen LogP contribution < -0.4 is 10.2 Å². The van der Waals surface area contributed by atoms with E-state index in [4.69, 9.17) is 0 Å². The molecule has 0 radical (unpaired) electrons. The van der Waals surface area contributed by atoms with Gasteiger partial charge in [-0.05, 0) is 37.3 Å². The van der Waals surface area contributed by atoms with Crippen molar-refractivity contribution in [3.8, 4) is 0 Å². The van der Waals surface area contributed by atoms with Crippen LogP contribution in [0.1, 0.15) is 31.2 Å². The second-order valence-corrected chi connectivity index (χ2v) is 8.43. The minimum atomic E-state index is -2.77. The predicted octanol–water partition coefficient (Wildman–Crippen LogP) is 1.95. The summed E-state index contributed by atoms with van der Waals surface area (Å²) in [7, 11) is -2.77. The van der Waals surface area contributed by atoms with E-state index in [0.717, 1.165) is 32.5 Å². The van der Waals surface area contributed by atoms with Crippen LogP contribution in [0.15, 0.2) is 24.3 Å². The molecule has 2 aliphatic heterocycles. The standard InChI is InChI=1S/C16H24N2O2S/c19-21(20)11-7-15(8-12-21)17-13-14-5-1-2-6-16(14)18-9-3-4-10-18/h1-2,5-6,15,17H,3-4,7-13H2. The average Bonchev–Trinajstić information content (AvgIpc) is 3.00. The molecule has 0 amide bonds. The van der Waals surface area contributed by atoms with Crippen molar-refractivity contribution in [1.82, 2.24) is 5.32 Å². The molecule has 0 saturated carbocycles. The van der Waals surface area contributed by atoms with Gasteiger partial charge in [-0.3, -0.25) is 0 Å². The van der Waals surface area contributed by atoms with E-state index >= 15 is 0 Å². The van der Waals surface area contributed by atoms with E-state index in [2.05, 4.69) is 34.5 Å². The maximum atomic E-state index is 11.5. The lowest BCUT2D eigenvalue weighted by Gasteiger charge is -2.25. The van der Waals surface area contributed by atoms with Crippen LogP contribution in [0.2, 0.25) is 0 Å². The number of hydrogen-bond acceptors (Lipinski definition) is 4. The minimum absolute atomic E-state index is 0.332.